The van der Waals surface area contributed by atoms with Crippen molar-refractivity contribution in [3.8, 4) is 0 Å². The molecule has 4 aromatic rings. The highest BCUT2D eigenvalue weighted by molar-refractivity contribution is 6.04. The fourth-order valence-electron chi connectivity index (χ4n) is 3.88. The molecule has 0 saturated heterocycles. The van der Waals surface area contributed by atoms with Crippen LogP contribution in [0.5, 0.6) is 0 Å². The van der Waals surface area contributed by atoms with Crippen LogP contribution in [-0.2, 0) is 17.6 Å². The number of carboxylic acid groups (broad SMARTS) is 1. The number of nitrogens with one attached hydrogen (secondary N) is 2. The Morgan fingerprint density at radius 2 is 1.51 bits per heavy atom. The van der Waals surface area contributed by atoms with Crippen LogP contribution in [0, 0.1) is 0 Å². The first kappa shape index (κ1) is 25.2. The maximum atomic E-state index is 12.3. The lowest BCUT2D eigenvalue weighted by Gasteiger charge is -2.25. The third-order valence-electron chi connectivity index (χ3n) is 5.96. The van der Waals surface area contributed by atoms with E-state index in [0.717, 1.165) is 5.56 Å². The maximum Gasteiger partial charge on any atom is 0.326 e. The largest absolute Gasteiger partial charge is 0.480 e. The van der Waals surface area contributed by atoms with Gasteiger partial charge in [0.05, 0.1) is 0 Å². The summed E-state index contributed by atoms with van der Waals surface area (Å²) in [6, 6.07) is 12.5. The number of carbonyl (C=O) groups is 2. The third kappa shape index (κ3) is 6.04. The van der Waals surface area contributed by atoms with E-state index in [9.17, 15) is 24.3 Å². The molecule has 0 aliphatic rings. The molecule has 2 aromatic heterocycles. The number of carbonyl (C=O) groups excluding carboxylic acids is 1. The summed E-state index contributed by atoms with van der Waals surface area (Å²) in [5.41, 5.74) is 1.53. The number of anilines is 3. The first-order valence-corrected chi connectivity index (χ1v) is 11.6. The second kappa shape index (κ2) is 11.3. The molecule has 0 aliphatic heterocycles. The van der Waals surface area contributed by atoms with Gasteiger partial charge >= 0.3 is 5.97 Å². The molecule has 37 heavy (non-hydrogen) atoms. The number of likely N-dealkylation sites (N-methyl/N-ethyl adjacent to an activating group) is 1. The molecule has 3 N–H and O–H groups in total. The Balaban J connectivity index is 1.41. The first-order chi connectivity index (χ1) is 17.8. The molecule has 10 heteroatoms. The van der Waals surface area contributed by atoms with Gasteiger partial charge in [0.1, 0.15) is 17.4 Å². The van der Waals surface area contributed by atoms with Crippen molar-refractivity contribution >= 4 is 28.9 Å². The van der Waals surface area contributed by atoms with Crippen LogP contribution in [0.3, 0.4) is 0 Å². The van der Waals surface area contributed by atoms with Crippen LogP contribution >= 0.6 is 0 Å². The number of aromatic nitrogens is 2. The van der Waals surface area contributed by atoms with E-state index in [4.69, 9.17) is 0 Å². The lowest BCUT2D eigenvalue weighted by molar-refractivity contribution is -0.137. The van der Waals surface area contributed by atoms with Gasteiger partial charge < -0.3 is 20.6 Å². The monoisotopic (exact) mass is 499 g/mol. The average molecular weight is 500 g/mol. The number of hydrogen-bond donors (Lipinski definition) is 3. The molecule has 0 radical (unpaired) electrons. The minimum atomic E-state index is -1.16. The van der Waals surface area contributed by atoms with E-state index in [2.05, 4.69) is 20.6 Å². The second-order valence-electron chi connectivity index (χ2n) is 8.54. The van der Waals surface area contributed by atoms with Crippen molar-refractivity contribution in [2.45, 2.75) is 18.9 Å². The highest BCUT2D eigenvalue weighted by Gasteiger charge is 2.28. The Bertz CT molecular complexity index is 1450. The van der Waals surface area contributed by atoms with Crippen LogP contribution in [0.2, 0.25) is 0 Å². The van der Waals surface area contributed by atoms with Crippen molar-refractivity contribution in [2.75, 3.05) is 29.1 Å². The van der Waals surface area contributed by atoms with Gasteiger partial charge in [0, 0.05) is 56.1 Å². The van der Waals surface area contributed by atoms with Gasteiger partial charge in [-0.25, -0.2) is 4.79 Å². The molecule has 0 bridgehead atoms. The number of amides is 1. The van der Waals surface area contributed by atoms with Crippen LogP contribution in [0.4, 0.5) is 17.1 Å². The summed E-state index contributed by atoms with van der Waals surface area (Å²) in [5, 5.41) is 15.3. The first-order valence-electron chi connectivity index (χ1n) is 11.6. The van der Waals surface area contributed by atoms with E-state index in [1.807, 2.05) is 12.1 Å². The molecule has 2 heterocycles. The fourth-order valence-corrected chi connectivity index (χ4v) is 3.88. The van der Waals surface area contributed by atoms with E-state index >= 15 is 0 Å². The molecule has 188 valence electrons. The van der Waals surface area contributed by atoms with Gasteiger partial charge in [0.25, 0.3) is 16.8 Å². The number of aliphatic carboxylic acids is 1. The van der Waals surface area contributed by atoms with E-state index in [1.165, 1.54) is 12.4 Å². The molecular formula is C27H25N5O5. The van der Waals surface area contributed by atoms with E-state index in [1.54, 1.807) is 60.7 Å². The summed E-state index contributed by atoms with van der Waals surface area (Å²) in [4.78, 5) is 58.3. The molecule has 2 aromatic carbocycles. The van der Waals surface area contributed by atoms with Crippen molar-refractivity contribution in [1.29, 1.82) is 0 Å². The lowest BCUT2D eigenvalue weighted by Crippen LogP contribution is -2.45. The van der Waals surface area contributed by atoms with Crippen molar-refractivity contribution in [3.05, 3.63) is 110 Å². The summed E-state index contributed by atoms with van der Waals surface area (Å²) in [6.07, 6.45) is 7.10. The topological polar surface area (TPSA) is 142 Å². The number of hydrogen-bond acceptors (Lipinski definition) is 8. The summed E-state index contributed by atoms with van der Waals surface area (Å²) < 4.78 is 0. The van der Waals surface area contributed by atoms with Gasteiger partial charge in [0.15, 0.2) is 0 Å². The molecule has 1 amide bonds. The summed E-state index contributed by atoms with van der Waals surface area (Å²) >= 11 is 0. The van der Waals surface area contributed by atoms with Crippen LogP contribution in [-0.4, -0.2) is 46.6 Å². The normalized spacial score (nSPS) is 11.6. The quantitative estimate of drug-likeness (QED) is 0.265. The molecule has 10 nitrogen and oxygen atoms in total. The van der Waals surface area contributed by atoms with Crippen LogP contribution in [0.1, 0.15) is 21.5 Å². The molecule has 0 fully saturated rings. The Morgan fingerprint density at radius 3 is 2.14 bits per heavy atom. The molecule has 4 rings (SSSR count). The molecular weight excluding hydrogens is 474 g/mol. The maximum absolute atomic E-state index is 12.3. The minimum absolute atomic E-state index is 0.0101. The minimum Gasteiger partial charge on any atom is -0.480 e. The predicted octanol–water partition coefficient (Wildman–Crippen LogP) is 2.11. The van der Waals surface area contributed by atoms with E-state index in [-0.39, 0.29) is 23.7 Å². The van der Waals surface area contributed by atoms with Crippen LogP contribution in [0.25, 0.3) is 0 Å². The number of nitrogens with zero attached hydrogens (tertiary/aromatic N) is 3. The SMILES string of the molecule is CN(CCc1ccncc1)c1c(N[C@@H](Cc2ccc(NC(=O)c3ccncc3)cc2)C(=O)O)c(=O)c1=O. The van der Waals surface area contributed by atoms with Crippen molar-refractivity contribution in [1.82, 2.24) is 9.97 Å². The van der Waals surface area contributed by atoms with Crippen molar-refractivity contribution in [2.24, 2.45) is 0 Å². The Morgan fingerprint density at radius 1 is 0.892 bits per heavy atom. The van der Waals surface area contributed by atoms with Crippen LogP contribution < -0.4 is 26.4 Å². The summed E-state index contributed by atoms with van der Waals surface area (Å²) in [5.74, 6) is -1.45. The van der Waals surface area contributed by atoms with Gasteiger partial charge in [-0.15, -0.1) is 0 Å². The lowest BCUT2D eigenvalue weighted by atomic mass is 10.0. The third-order valence-corrected chi connectivity index (χ3v) is 5.96. The van der Waals surface area contributed by atoms with Gasteiger partial charge in [-0.3, -0.25) is 24.4 Å². The Kier molecular flexibility index (Phi) is 7.68. The van der Waals surface area contributed by atoms with Crippen molar-refractivity contribution in [3.63, 3.8) is 0 Å². The van der Waals surface area contributed by atoms with Gasteiger partial charge in [-0.05, 0) is 53.9 Å². The highest BCUT2D eigenvalue weighted by Crippen LogP contribution is 2.22. The molecule has 0 unspecified atom stereocenters. The molecule has 0 aliphatic carbocycles. The smallest absolute Gasteiger partial charge is 0.326 e. The van der Waals surface area contributed by atoms with Gasteiger partial charge in [-0.1, -0.05) is 12.1 Å². The Labute approximate surface area is 212 Å². The van der Waals surface area contributed by atoms with E-state index < -0.39 is 22.9 Å². The summed E-state index contributed by atoms with van der Waals surface area (Å²) in [6.45, 7) is 0.466. The molecule has 1 atom stereocenters. The second-order valence-corrected chi connectivity index (χ2v) is 8.54. The zero-order valence-electron chi connectivity index (χ0n) is 20.0. The number of benzene rings is 1. The summed E-state index contributed by atoms with van der Waals surface area (Å²) in [7, 11) is 1.69. The predicted molar refractivity (Wildman–Crippen MR) is 140 cm³/mol. The van der Waals surface area contributed by atoms with Crippen LogP contribution in [0.15, 0.2) is 82.9 Å². The van der Waals surface area contributed by atoms with Gasteiger partial charge in [-0.2, -0.15) is 0 Å². The number of pyridine rings is 2. The molecule has 0 saturated carbocycles. The fraction of sp³-hybridized carbons (Fsp3) is 0.185. The molecule has 0 spiro atoms. The number of carboxylic acids is 1. The average Bonchev–Trinajstić information content (AvgIpc) is 2.92. The van der Waals surface area contributed by atoms with E-state index in [0.29, 0.717) is 29.8 Å². The highest BCUT2D eigenvalue weighted by atomic mass is 16.4. The zero-order chi connectivity index (χ0) is 26.4. The standard InChI is InChI=1S/C27H25N5O5/c1-32(15-10-17-6-11-28-12-7-17)23-22(24(33)25(23)34)31-21(27(36)37)16-18-2-4-20(5-3-18)30-26(35)19-8-13-29-14-9-19/h2-9,11-14,21,31H,10,15-16H2,1H3,(H,30,35)(H,36,37)/t21-/m0/s1. The zero-order valence-corrected chi connectivity index (χ0v) is 20.0. The van der Waals surface area contributed by atoms with Gasteiger partial charge in [0.2, 0.25) is 0 Å². The number of rotatable bonds is 11. The van der Waals surface area contributed by atoms with Crippen molar-refractivity contribution < 1.29 is 14.7 Å². The Hall–Kier alpha value is -4.86.